The van der Waals surface area contributed by atoms with Crippen molar-refractivity contribution < 1.29 is 9.53 Å². The van der Waals surface area contributed by atoms with Crippen LogP contribution in [0.15, 0.2) is 28.7 Å². The maximum Gasteiger partial charge on any atom is 0.328 e. The maximum absolute atomic E-state index is 11.2. The molecule has 1 heterocycles. The van der Waals surface area contributed by atoms with Gasteiger partial charge in [-0.25, -0.2) is 4.79 Å². The van der Waals surface area contributed by atoms with Gasteiger partial charge in [-0.2, -0.15) is 0 Å². The topological polar surface area (TPSA) is 38.3 Å². The molecule has 0 spiro atoms. The van der Waals surface area contributed by atoms with Crippen LogP contribution in [-0.2, 0) is 9.53 Å². The molecule has 1 aliphatic heterocycles. The molecule has 1 fully saturated rings. The first-order chi connectivity index (χ1) is 6.75. The lowest BCUT2D eigenvalue weighted by Gasteiger charge is -2.09. The molecular formula is C10H10BrNO2. The fourth-order valence-electron chi connectivity index (χ4n) is 1.37. The van der Waals surface area contributed by atoms with Gasteiger partial charge in [0.2, 0.25) is 0 Å². The van der Waals surface area contributed by atoms with E-state index in [1.807, 2.05) is 24.3 Å². The van der Waals surface area contributed by atoms with E-state index in [1.54, 1.807) is 0 Å². The molecule has 2 rings (SSSR count). The van der Waals surface area contributed by atoms with Gasteiger partial charge in [-0.15, -0.1) is 0 Å². The molecule has 0 aromatic heterocycles. The van der Waals surface area contributed by atoms with E-state index in [0.717, 1.165) is 16.6 Å². The third-order valence-electron chi connectivity index (χ3n) is 2.12. The molecule has 1 aromatic carbocycles. The van der Waals surface area contributed by atoms with Crippen LogP contribution in [0.1, 0.15) is 6.42 Å². The minimum atomic E-state index is -0.184. The number of hydrogen-bond donors (Lipinski definition) is 1. The number of carbonyl (C=O) groups excluding carboxylic acids is 1. The second-order valence-corrected chi connectivity index (χ2v) is 4.08. The number of nitrogens with one attached hydrogen (secondary N) is 1. The molecular weight excluding hydrogens is 246 g/mol. The summed E-state index contributed by atoms with van der Waals surface area (Å²) >= 11 is 3.35. The summed E-state index contributed by atoms with van der Waals surface area (Å²) in [5, 5.41) is 3.12. The molecule has 1 saturated heterocycles. The third kappa shape index (κ3) is 2.07. The van der Waals surface area contributed by atoms with Crippen molar-refractivity contribution >= 4 is 27.6 Å². The fourth-order valence-corrected chi connectivity index (χ4v) is 1.64. The molecule has 4 heteroatoms. The molecule has 0 bridgehead atoms. The molecule has 3 nitrogen and oxygen atoms in total. The summed E-state index contributed by atoms with van der Waals surface area (Å²) in [6, 6.07) is 7.53. The van der Waals surface area contributed by atoms with E-state index in [2.05, 4.69) is 21.2 Å². The van der Waals surface area contributed by atoms with Crippen molar-refractivity contribution in [3.63, 3.8) is 0 Å². The van der Waals surface area contributed by atoms with Gasteiger partial charge in [0, 0.05) is 16.6 Å². The normalized spacial score (nSPS) is 20.6. The van der Waals surface area contributed by atoms with Crippen molar-refractivity contribution in [3.05, 3.63) is 28.7 Å². The third-order valence-corrected chi connectivity index (χ3v) is 2.65. The van der Waals surface area contributed by atoms with E-state index < -0.39 is 0 Å². The summed E-state index contributed by atoms with van der Waals surface area (Å²) in [5.41, 5.74) is 0.942. The minimum absolute atomic E-state index is 0.159. The Bertz CT molecular complexity index is 336. The number of esters is 1. The van der Waals surface area contributed by atoms with Gasteiger partial charge >= 0.3 is 5.97 Å². The van der Waals surface area contributed by atoms with E-state index in [1.165, 1.54) is 0 Å². The second kappa shape index (κ2) is 4.00. The average molecular weight is 256 g/mol. The smallest absolute Gasteiger partial charge is 0.328 e. The zero-order valence-corrected chi connectivity index (χ0v) is 9.08. The van der Waals surface area contributed by atoms with Crippen molar-refractivity contribution in [3.8, 4) is 0 Å². The van der Waals surface area contributed by atoms with Gasteiger partial charge in [0.05, 0.1) is 6.61 Å². The summed E-state index contributed by atoms with van der Waals surface area (Å²) in [5.74, 6) is -0.159. The molecule has 1 atom stereocenters. The van der Waals surface area contributed by atoms with Crippen LogP contribution in [0.2, 0.25) is 0 Å². The van der Waals surface area contributed by atoms with E-state index in [-0.39, 0.29) is 12.0 Å². The van der Waals surface area contributed by atoms with Gasteiger partial charge in [0.1, 0.15) is 6.04 Å². The van der Waals surface area contributed by atoms with Crippen LogP contribution in [-0.4, -0.2) is 18.6 Å². The Morgan fingerprint density at radius 2 is 2.07 bits per heavy atom. The summed E-state index contributed by atoms with van der Waals surface area (Å²) < 4.78 is 5.88. The van der Waals surface area contributed by atoms with Crippen LogP contribution in [0.4, 0.5) is 5.69 Å². The Balaban J connectivity index is 2.03. The summed E-state index contributed by atoms with van der Waals surface area (Å²) in [7, 11) is 0. The Morgan fingerprint density at radius 3 is 2.64 bits per heavy atom. The van der Waals surface area contributed by atoms with Gasteiger partial charge in [0.15, 0.2) is 0 Å². The Kier molecular flexibility index (Phi) is 2.72. The Hall–Kier alpha value is -1.03. The van der Waals surface area contributed by atoms with Crippen LogP contribution >= 0.6 is 15.9 Å². The van der Waals surface area contributed by atoms with Crippen LogP contribution in [0.25, 0.3) is 0 Å². The van der Waals surface area contributed by atoms with Gasteiger partial charge in [0.25, 0.3) is 0 Å². The lowest BCUT2D eigenvalue weighted by molar-refractivity contribution is -0.138. The Morgan fingerprint density at radius 1 is 1.36 bits per heavy atom. The predicted octanol–water partition coefficient (Wildman–Crippen LogP) is 2.18. The zero-order valence-electron chi connectivity index (χ0n) is 7.50. The van der Waals surface area contributed by atoms with Gasteiger partial charge in [-0.05, 0) is 24.3 Å². The first-order valence-electron chi connectivity index (χ1n) is 4.44. The highest BCUT2D eigenvalue weighted by Gasteiger charge is 2.25. The standard InChI is InChI=1S/C10H10BrNO2/c11-7-1-3-8(4-2-7)12-9-5-6-14-10(9)13/h1-4,9,12H,5-6H2. The van der Waals surface area contributed by atoms with Crippen LogP contribution < -0.4 is 5.32 Å². The number of benzene rings is 1. The Labute approximate surface area is 90.6 Å². The maximum atomic E-state index is 11.2. The molecule has 74 valence electrons. The molecule has 0 amide bonds. The van der Waals surface area contributed by atoms with Crippen molar-refractivity contribution in [2.45, 2.75) is 12.5 Å². The quantitative estimate of drug-likeness (QED) is 0.824. The first kappa shape index (κ1) is 9.52. The van der Waals surface area contributed by atoms with E-state index in [4.69, 9.17) is 4.74 Å². The van der Waals surface area contributed by atoms with Gasteiger partial charge in [-0.1, -0.05) is 15.9 Å². The highest BCUT2D eigenvalue weighted by molar-refractivity contribution is 9.10. The summed E-state index contributed by atoms with van der Waals surface area (Å²) in [4.78, 5) is 11.2. The molecule has 1 unspecified atom stereocenters. The first-order valence-corrected chi connectivity index (χ1v) is 5.24. The number of rotatable bonds is 2. The number of anilines is 1. The largest absolute Gasteiger partial charge is 0.464 e. The SMILES string of the molecule is O=C1OCCC1Nc1ccc(Br)cc1. The summed E-state index contributed by atoms with van der Waals surface area (Å²) in [6.45, 7) is 0.521. The molecule has 0 radical (unpaired) electrons. The number of halogens is 1. The van der Waals surface area contributed by atoms with E-state index >= 15 is 0 Å². The fraction of sp³-hybridized carbons (Fsp3) is 0.300. The van der Waals surface area contributed by atoms with Crippen molar-refractivity contribution in [1.29, 1.82) is 0 Å². The number of carbonyl (C=O) groups is 1. The monoisotopic (exact) mass is 255 g/mol. The number of hydrogen-bond acceptors (Lipinski definition) is 3. The highest BCUT2D eigenvalue weighted by atomic mass is 79.9. The van der Waals surface area contributed by atoms with E-state index in [0.29, 0.717) is 6.61 Å². The lowest BCUT2D eigenvalue weighted by atomic mass is 10.2. The molecule has 0 saturated carbocycles. The number of cyclic esters (lactones) is 1. The van der Waals surface area contributed by atoms with Crippen molar-refractivity contribution in [2.75, 3.05) is 11.9 Å². The van der Waals surface area contributed by atoms with Gasteiger partial charge in [-0.3, -0.25) is 0 Å². The van der Waals surface area contributed by atoms with Gasteiger partial charge < -0.3 is 10.1 Å². The molecule has 1 aromatic rings. The zero-order chi connectivity index (χ0) is 9.97. The molecule has 1 N–H and O–H groups in total. The van der Waals surface area contributed by atoms with Crippen molar-refractivity contribution in [2.24, 2.45) is 0 Å². The number of ether oxygens (including phenoxy) is 1. The lowest BCUT2D eigenvalue weighted by Crippen LogP contribution is -2.24. The molecule has 14 heavy (non-hydrogen) atoms. The van der Waals surface area contributed by atoms with Crippen molar-refractivity contribution in [1.82, 2.24) is 0 Å². The van der Waals surface area contributed by atoms with Crippen LogP contribution in [0.3, 0.4) is 0 Å². The highest BCUT2D eigenvalue weighted by Crippen LogP contribution is 2.17. The van der Waals surface area contributed by atoms with Crippen LogP contribution in [0, 0.1) is 0 Å². The predicted molar refractivity (Wildman–Crippen MR) is 57.1 cm³/mol. The summed E-state index contributed by atoms with van der Waals surface area (Å²) in [6.07, 6.45) is 0.745. The van der Waals surface area contributed by atoms with Crippen LogP contribution in [0.5, 0.6) is 0 Å². The molecule has 1 aliphatic rings. The molecule has 0 aliphatic carbocycles. The van der Waals surface area contributed by atoms with E-state index in [9.17, 15) is 4.79 Å². The second-order valence-electron chi connectivity index (χ2n) is 3.16. The minimum Gasteiger partial charge on any atom is -0.464 e. The average Bonchev–Trinajstić information content (AvgIpc) is 2.56.